The van der Waals surface area contributed by atoms with Crippen molar-refractivity contribution < 1.29 is 27.8 Å². The second-order valence-electron chi connectivity index (χ2n) is 6.00. The summed E-state index contributed by atoms with van der Waals surface area (Å²) in [6.45, 7) is 0. The Morgan fingerprint density at radius 2 is 1.96 bits per heavy atom. The molecule has 1 N–H and O–H groups in total. The fourth-order valence-electron chi connectivity index (χ4n) is 3.13. The topological polar surface area (TPSA) is 38.7 Å². The molecule has 124 valence electrons. The highest BCUT2D eigenvalue weighted by Gasteiger charge is 2.53. The van der Waals surface area contributed by atoms with Gasteiger partial charge in [0.15, 0.2) is 5.79 Å². The standard InChI is InChI=1S/C17H17F3O3/c1-2-14-15-13(21)8-10-16(22-14,23-15)9-7-11-3-5-12(6-4-11)17(18,19)20/h1,3-6,13-15,21H,7-10H2/t13-,14+,15+,16-/m0/s1. The lowest BCUT2D eigenvalue weighted by atomic mass is 9.94. The molecule has 6 heteroatoms. The zero-order chi connectivity index (χ0) is 16.7. The molecular weight excluding hydrogens is 309 g/mol. The van der Waals surface area contributed by atoms with Crippen LogP contribution in [-0.2, 0) is 22.1 Å². The number of hydrogen-bond donors (Lipinski definition) is 1. The maximum Gasteiger partial charge on any atom is 0.416 e. The smallest absolute Gasteiger partial charge is 0.390 e. The van der Waals surface area contributed by atoms with Crippen molar-refractivity contribution in [3.05, 3.63) is 35.4 Å². The Labute approximate surface area is 132 Å². The number of ether oxygens (including phenoxy) is 2. The van der Waals surface area contributed by atoms with Crippen LogP contribution < -0.4 is 0 Å². The van der Waals surface area contributed by atoms with E-state index in [4.69, 9.17) is 15.9 Å². The highest BCUT2D eigenvalue weighted by atomic mass is 19.4. The van der Waals surface area contributed by atoms with Gasteiger partial charge in [-0.25, -0.2) is 0 Å². The zero-order valence-electron chi connectivity index (χ0n) is 12.3. The molecule has 4 atom stereocenters. The first kappa shape index (κ1) is 16.3. The number of alkyl halides is 3. The minimum Gasteiger partial charge on any atom is -0.390 e. The number of aliphatic hydroxyl groups is 1. The normalized spacial score (nSPS) is 33.4. The Hall–Kier alpha value is -1.55. The molecule has 2 aliphatic heterocycles. The summed E-state index contributed by atoms with van der Waals surface area (Å²) in [5.41, 5.74) is 0.104. The van der Waals surface area contributed by atoms with Gasteiger partial charge in [-0.1, -0.05) is 18.1 Å². The van der Waals surface area contributed by atoms with Gasteiger partial charge in [-0.2, -0.15) is 13.2 Å². The molecule has 23 heavy (non-hydrogen) atoms. The Bertz CT molecular complexity index is 605. The second-order valence-corrected chi connectivity index (χ2v) is 6.00. The third kappa shape index (κ3) is 3.23. The number of rotatable bonds is 3. The van der Waals surface area contributed by atoms with Gasteiger partial charge in [-0.15, -0.1) is 6.42 Å². The number of fused-ring (bicyclic) bond motifs is 2. The Kier molecular flexibility index (Phi) is 4.13. The van der Waals surface area contributed by atoms with Crippen LogP contribution in [0.4, 0.5) is 13.2 Å². The first-order valence-corrected chi connectivity index (χ1v) is 7.49. The lowest BCUT2D eigenvalue weighted by Gasteiger charge is -2.33. The van der Waals surface area contributed by atoms with Gasteiger partial charge in [-0.05, 0) is 30.5 Å². The molecule has 2 heterocycles. The quantitative estimate of drug-likeness (QED) is 0.868. The number of hydrogen-bond acceptors (Lipinski definition) is 3. The monoisotopic (exact) mass is 326 g/mol. The predicted octanol–water partition coefficient (Wildman–Crippen LogP) is 2.91. The van der Waals surface area contributed by atoms with Gasteiger partial charge in [0.25, 0.3) is 0 Å². The van der Waals surface area contributed by atoms with Crippen molar-refractivity contribution in [1.29, 1.82) is 0 Å². The van der Waals surface area contributed by atoms with Crippen molar-refractivity contribution in [2.24, 2.45) is 0 Å². The maximum absolute atomic E-state index is 12.6. The van der Waals surface area contributed by atoms with E-state index in [9.17, 15) is 18.3 Å². The molecule has 1 aromatic rings. The highest BCUT2D eigenvalue weighted by molar-refractivity contribution is 5.25. The third-order valence-electron chi connectivity index (χ3n) is 4.43. The molecule has 3 rings (SSSR count). The van der Waals surface area contributed by atoms with Crippen LogP contribution in [0.1, 0.15) is 30.4 Å². The molecule has 0 amide bonds. The van der Waals surface area contributed by atoms with Crippen LogP contribution >= 0.6 is 0 Å². The van der Waals surface area contributed by atoms with Gasteiger partial charge >= 0.3 is 6.18 Å². The maximum atomic E-state index is 12.6. The summed E-state index contributed by atoms with van der Waals surface area (Å²) < 4.78 is 49.3. The molecule has 0 spiro atoms. The summed E-state index contributed by atoms with van der Waals surface area (Å²) in [4.78, 5) is 0. The first-order valence-electron chi connectivity index (χ1n) is 7.49. The summed E-state index contributed by atoms with van der Waals surface area (Å²) in [5, 5.41) is 9.90. The summed E-state index contributed by atoms with van der Waals surface area (Å²) >= 11 is 0. The minimum atomic E-state index is -4.33. The van der Waals surface area contributed by atoms with Crippen LogP contribution in [0.2, 0.25) is 0 Å². The Morgan fingerprint density at radius 1 is 1.26 bits per heavy atom. The lowest BCUT2D eigenvalue weighted by molar-refractivity contribution is -0.212. The van der Waals surface area contributed by atoms with Gasteiger partial charge in [0.05, 0.1) is 11.7 Å². The molecular formula is C17H17F3O3. The number of halogens is 3. The van der Waals surface area contributed by atoms with E-state index in [1.165, 1.54) is 12.1 Å². The van der Waals surface area contributed by atoms with E-state index in [0.29, 0.717) is 25.7 Å². The first-order chi connectivity index (χ1) is 10.8. The van der Waals surface area contributed by atoms with Gasteiger partial charge in [0.1, 0.15) is 12.2 Å². The minimum absolute atomic E-state index is 0.486. The van der Waals surface area contributed by atoms with Gasteiger partial charge < -0.3 is 14.6 Å². The average molecular weight is 326 g/mol. The summed E-state index contributed by atoms with van der Waals surface area (Å²) in [6, 6.07) is 5.06. The molecule has 0 aliphatic carbocycles. The molecule has 2 saturated heterocycles. The zero-order valence-corrected chi connectivity index (χ0v) is 12.3. The lowest BCUT2D eigenvalue weighted by Crippen LogP contribution is -2.41. The van der Waals surface area contributed by atoms with Crippen LogP contribution in [0.3, 0.4) is 0 Å². The van der Waals surface area contributed by atoms with E-state index in [-0.39, 0.29) is 0 Å². The van der Waals surface area contributed by atoms with Crippen LogP contribution in [-0.4, -0.2) is 29.2 Å². The van der Waals surface area contributed by atoms with E-state index in [0.717, 1.165) is 17.7 Å². The van der Waals surface area contributed by atoms with Crippen molar-refractivity contribution in [3.63, 3.8) is 0 Å². The largest absolute Gasteiger partial charge is 0.416 e. The fourth-order valence-corrected chi connectivity index (χ4v) is 3.13. The number of terminal acetylenes is 1. The molecule has 0 aromatic heterocycles. The molecule has 0 unspecified atom stereocenters. The molecule has 0 radical (unpaired) electrons. The van der Waals surface area contributed by atoms with Crippen molar-refractivity contribution in [2.45, 2.75) is 56.0 Å². The van der Waals surface area contributed by atoms with E-state index in [2.05, 4.69) is 5.92 Å². The summed E-state index contributed by atoms with van der Waals surface area (Å²) in [5.74, 6) is 1.64. The highest BCUT2D eigenvalue weighted by Crippen LogP contribution is 2.42. The SMILES string of the molecule is C#C[C@H]1O[C@]2(CCc3ccc(C(F)(F)F)cc3)CC[C@H](O)[C@H]1O2. The van der Waals surface area contributed by atoms with E-state index < -0.39 is 35.8 Å². The fraction of sp³-hybridized carbons (Fsp3) is 0.529. The molecule has 2 fully saturated rings. The van der Waals surface area contributed by atoms with Crippen molar-refractivity contribution in [2.75, 3.05) is 0 Å². The van der Waals surface area contributed by atoms with Crippen LogP contribution in [0.25, 0.3) is 0 Å². The van der Waals surface area contributed by atoms with Crippen LogP contribution in [0, 0.1) is 12.3 Å². The Balaban J connectivity index is 1.66. The van der Waals surface area contributed by atoms with Crippen molar-refractivity contribution >= 4 is 0 Å². The molecule has 1 aromatic carbocycles. The number of aryl methyl sites for hydroxylation is 1. The van der Waals surface area contributed by atoms with E-state index in [1.54, 1.807) is 0 Å². The molecule has 0 saturated carbocycles. The number of benzene rings is 1. The third-order valence-corrected chi connectivity index (χ3v) is 4.43. The summed E-state index contributed by atoms with van der Waals surface area (Å²) in [6.07, 6.45) is 1.37. The molecule has 2 aliphatic rings. The van der Waals surface area contributed by atoms with Crippen molar-refractivity contribution in [1.82, 2.24) is 0 Å². The van der Waals surface area contributed by atoms with Gasteiger partial charge in [-0.3, -0.25) is 0 Å². The predicted molar refractivity (Wildman–Crippen MR) is 76.3 cm³/mol. The Morgan fingerprint density at radius 3 is 2.57 bits per heavy atom. The van der Waals surface area contributed by atoms with Crippen molar-refractivity contribution in [3.8, 4) is 12.3 Å². The number of aliphatic hydroxyl groups excluding tert-OH is 1. The van der Waals surface area contributed by atoms with Crippen LogP contribution in [0.5, 0.6) is 0 Å². The molecule has 3 nitrogen and oxygen atoms in total. The van der Waals surface area contributed by atoms with Gasteiger partial charge in [0.2, 0.25) is 0 Å². The van der Waals surface area contributed by atoms with Gasteiger partial charge in [0, 0.05) is 12.8 Å². The van der Waals surface area contributed by atoms with E-state index in [1.807, 2.05) is 0 Å². The average Bonchev–Trinajstić information content (AvgIpc) is 2.84. The molecule has 2 bridgehead atoms. The van der Waals surface area contributed by atoms with Crippen LogP contribution in [0.15, 0.2) is 24.3 Å². The van der Waals surface area contributed by atoms with E-state index >= 15 is 0 Å². The second kappa shape index (κ2) is 5.82. The summed E-state index contributed by atoms with van der Waals surface area (Å²) in [7, 11) is 0.